The molecule has 0 unspecified atom stereocenters. The predicted molar refractivity (Wildman–Crippen MR) is 49.8 cm³/mol. The smallest absolute Gasteiger partial charge is 0.242 e. The molecule has 1 rings (SSSR count). The quantitative estimate of drug-likeness (QED) is 0.776. The van der Waals surface area contributed by atoms with Gasteiger partial charge in [-0.25, -0.2) is 18.1 Å². The Labute approximate surface area is 82.4 Å². The van der Waals surface area contributed by atoms with Crippen LogP contribution in [0.4, 0.5) is 0 Å². The van der Waals surface area contributed by atoms with Gasteiger partial charge in [0.1, 0.15) is 16.7 Å². The number of hydrogen-bond donors (Lipinski definition) is 1. The summed E-state index contributed by atoms with van der Waals surface area (Å²) in [5.74, 6) is 0. The lowest BCUT2D eigenvalue weighted by Crippen LogP contribution is -2.23. The van der Waals surface area contributed by atoms with Crippen LogP contribution in [-0.2, 0) is 10.0 Å². The lowest BCUT2D eigenvalue weighted by Gasteiger charge is -2.02. The van der Waals surface area contributed by atoms with Crippen LogP contribution in [0.25, 0.3) is 0 Å². The second-order valence-electron chi connectivity index (χ2n) is 2.49. The standard InChI is InChI=1S/C8H9N3O2S/c1-2-11-14(12,13)8-4-3-7(5-9)10-6-8/h3-4,6,11H,2H2,1H3. The molecular weight excluding hydrogens is 202 g/mol. The van der Waals surface area contributed by atoms with Crippen LogP contribution in [0.15, 0.2) is 23.2 Å². The largest absolute Gasteiger partial charge is 0.244 e. The van der Waals surface area contributed by atoms with Gasteiger partial charge < -0.3 is 0 Å². The SMILES string of the molecule is CCNS(=O)(=O)c1ccc(C#N)nc1. The minimum absolute atomic E-state index is 0.0679. The molecule has 0 spiro atoms. The zero-order chi connectivity index (χ0) is 10.6. The first-order chi connectivity index (χ1) is 6.60. The van der Waals surface area contributed by atoms with E-state index in [1.165, 1.54) is 12.1 Å². The van der Waals surface area contributed by atoms with Crippen molar-refractivity contribution in [3.05, 3.63) is 24.0 Å². The van der Waals surface area contributed by atoms with E-state index in [4.69, 9.17) is 5.26 Å². The Balaban J connectivity index is 3.05. The van der Waals surface area contributed by atoms with Crippen LogP contribution in [-0.4, -0.2) is 19.9 Å². The van der Waals surface area contributed by atoms with E-state index >= 15 is 0 Å². The van der Waals surface area contributed by atoms with Crippen LogP contribution in [0, 0.1) is 11.3 Å². The first-order valence-corrected chi connectivity index (χ1v) is 5.44. The van der Waals surface area contributed by atoms with Gasteiger partial charge in [-0.2, -0.15) is 5.26 Å². The van der Waals surface area contributed by atoms with Gasteiger partial charge in [0.05, 0.1) is 0 Å². The zero-order valence-corrected chi connectivity index (χ0v) is 8.37. The molecule has 0 fully saturated rings. The van der Waals surface area contributed by atoms with Crippen molar-refractivity contribution < 1.29 is 8.42 Å². The molecule has 1 aromatic heterocycles. The van der Waals surface area contributed by atoms with Crippen LogP contribution in [0.2, 0.25) is 0 Å². The Hall–Kier alpha value is -1.45. The first-order valence-electron chi connectivity index (χ1n) is 3.96. The average molecular weight is 211 g/mol. The number of nitrogens with zero attached hydrogens (tertiary/aromatic N) is 2. The summed E-state index contributed by atoms with van der Waals surface area (Å²) in [7, 11) is -3.46. The summed E-state index contributed by atoms with van der Waals surface area (Å²) in [5, 5.41) is 8.46. The van der Waals surface area contributed by atoms with Crippen molar-refractivity contribution in [1.82, 2.24) is 9.71 Å². The van der Waals surface area contributed by atoms with Crippen LogP contribution in [0.3, 0.4) is 0 Å². The molecule has 0 saturated carbocycles. The topological polar surface area (TPSA) is 82.9 Å². The van der Waals surface area contributed by atoms with Gasteiger partial charge in [-0.3, -0.25) is 0 Å². The molecule has 0 aliphatic heterocycles. The number of hydrogen-bond acceptors (Lipinski definition) is 4. The van der Waals surface area contributed by atoms with Gasteiger partial charge in [0.25, 0.3) is 0 Å². The van der Waals surface area contributed by atoms with Crippen molar-refractivity contribution in [2.24, 2.45) is 0 Å². The highest BCUT2D eigenvalue weighted by atomic mass is 32.2. The summed E-state index contributed by atoms with van der Waals surface area (Å²) in [4.78, 5) is 3.73. The Morgan fingerprint density at radius 1 is 1.57 bits per heavy atom. The van der Waals surface area contributed by atoms with E-state index in [1.54, 1.807) is 6.92 Å². The normalized spacial score (nSPS) is 10.9. The number of nitriles is 1. The van der Waals surface area contributed by atoms with E-state index in [1.807, 2.05) is 6.07 Å². The molecule has 0 saturated heterocycles. The van der Waals surface area contributed by atoms with Crippen molar-refractivity contribution >= 4 is 10.0 Å². The molecule has 0 aliphatic rings. The lowest BCUT2D eigenvalue weighted by molar-refractivity contribution is 0.583. The molecule has 1 N–H and O–H groups in total. The lowest BCUT2D eigenvalue weighted by atomic mass is 10.4. The molecule has 0 amide bonds. The maximum absolute atomic E-state index is 11.4. The van der Waals surface area contributed by atoms with E-state index in [0.29, 0.717) is 6.54 Å². The van der Waals surface area contributed by atoms with Crippen LogP contribution in [0.5, 0.6) is 0 Å². The minimum atomic E-state index is -3.46. The summed E-state index contributed by atoms with van der Waals surface area (Å²) >= 11 is 0. The molecule has 0 bridgehead atoms. The van der Waals surface area contributed by atoms with Crippen molar-refractivity contribution in [3.63, 3.8) is 0 Å². The van der Waals surface area contributed by atoms with Crippen molar-refractivity contribution in [1.29, 1.82) is 5.26 Å². The van der Waals surface area contributed by atoms with Crippen LogP contribution < -0.4 is 4.72 Å². The molecule has 5 nitrogen and oxygen atoms in total. The maximum Gasteiger partial charge on any atom is 0.242 e. The Morgan fingerprint density at radius 2 is 2.29 bits per heavy atom. The molecule has 6 heteroatoms. The van der Waals surface area contributed by atoms with Crippen LogP contribution >= 0.6 is 0 Å². The predicted octanol–water partition coefficient (Wildman–Crippen LogP) is 0.251. The third-order valence-corrected chi connectivity index (χ3v) is 3.03. The fourth-order valence-corrected chi connectivity index (χ4v) is 1.86. The van der Waals surface area contributed by atoms with Gasteiger partial charge in [0.2, 0.25) is 10.0 Å². The molecule has 74 valence electrons. The summed E-state index contributed by atoms with van der Waals surface area (Å²) < 4.78 is 25.1. The highest BCUT2D eigenvalue weighted by Gasteiger charge is 2.12. The van der Waals surface area contributed by atoms with E-state index < -0.39 is 10.0 Å². The van der Waals surface area contributed by atoms with Gasteiger partial charge in [-0.05, 0) is 12.1 Å². The molecule has 14 heavy (non-hydrogen) atoms. The third-order valence-electron chi connectivity index (χ3n) is 1.50. The molecule has 0 radical (unpaired) electrons. The van der Waals surface area contributed by atoms with E-state index in [2.05, 4.69) is 9.71 Å². The van der Waals surface area contributed by atoms with Gasteiger partial charge in [-0.15, -0.1) is 0 Å². The number of rotatable bonds is 3. The second kappa shape index (κ2) is 4.17. The molecule has 1 aromatic rings. The molecule has 0 aliphatic carbocycles. The van der Waals surface area contributed by atoms with Crippen molar-refractivity contribution in [2.75, 3.05) is 6.54 Å². The van der Waals surface area contributed by atoms with Crippen molar-refractivity contribution in [2.45, 2.75) is 11.8 Å². The maximum atomic E-state index is 11.4. The van der Waals surface area contributed by atoms with Crippen LogP contribution in [0.1, 0.15) is 12.6 Å². The fraction of sp³-hybridized carbons (Fsp3) is 0.250. The molecule has 1 heterocycles. The molecule has 0 aromatic carbocycles. The highest BCUT2D eigenvalue weighted by Crippen LogP contribution is 2.06. The van der Waals surface area contributed by atoms with Gasteiger partial charge in [0, 0.05) is 12.7 Å². The number of pyridine rings is 1. The molecule has 0 atom stereocenters. The summed E-state index contributed by atoms with van der Waals surface area (Å²) in [6, 6.07) is 4.53. The van der Waals surface area contributed by atoms with Gasteiger partial charge >= 0.3 is 0 Å². The second-order valence-corrected chi connectivity index (χ2v) is 4.26. The fourth-order valence-electron chi connectivity index (χ4n) is 0.879. The van der Waals surface area contributed by atoms with E-state index in [-0.39, 0.29) is 10.6 Å². The van der Waals surface area contributed by atoms with E-state index in [0.717, 1.165) is 6.20 Å². The molecular formula is C8H9N3O2S. The summed E-state index contributed by atoms with van der Waals surface area (Å²) in [6.45, 7) is 2.01. The first kappa shape index (κ1) is 10.6. The average Bonchev–Trinajstić information content (AvgIpc) is 2.18. The number of nitrogens with one attached hydrogen (secondary N) is 1. The Kier molecular flexibility index (Phi) is 3.17. The van der Waals surface area contributed by atoms with E-state index in [9.17, 15) is 8.42 Å². The van der Waals surface area contributed by atoms with Crippen molar-refractivity contribution in [3.8, 4) is 6.07 Å². The Bertz CT molecular complexity index is 444. The summed E-state index contributed by atoms with van der Waals surface area (Å²) in [5.41, 5.74) is 0.195. The Morgan fingerprint density at radius 3 is 2.71 bits per heavy atom. The minimum Gasteiger partial charge on any atom is -0.244 e. The number of aromatic nitrogens is 1. The third kappa shape index (κ3) is 2.28. The highest BCUT2D eigenvalue weighted by molar-refractivity contribution is 7.89. The van der Waals surface area contributed by atoms with Gasteiger partial charge in [0.15, 0.2) is 0 Å². The summed E-state index contributed by atoms with van der Waals surface area (Å²) in [6.07, 6.45) is 1.16. The number of sulfonamides is 1. The van der Waals surface area contributed by atoms with Gasteiger partial charge in [-0.1, -0.05) is 6.92 Å². The monoisotopic (exact) mass is 211 g/mol. The zero-order valence-electron chi connectivity index (χ0n) is 7.56.